The molecule has 106 valence electrons. The molecule has 1 atom stereocenters. The highest BCUT2D eigenvalue weighted by molar-refractivity contribution is 5.31. The van der Waals surface area contributed by atoms with E-state index in [0.717, 1.165) is 23.3 Å². The van der Waals surface area contributed by atoms with E-state index in [4.69, 9.17) is 15.2 Å². The van der Waals surface area contributed by atoms with Crippen molar-refractivity contribution in [3.8, 4) is 11.6 Å². The minimum atomic E-state index is -0.0781. The van der Waals surface area contributed by atoms with Gasteiger partial charge in [-0.05, 0) is 36.6 Å². The topological polar surface area (TPSA) is 57.4 Å². The summed E-state index contributed by atoms with van der Waals surface area (Å²) in [6, 6.07) is 11.7. The molecule has 0 saturated heterocycles. The van der Waals surface area contributed by atoms with Crippen LogP contribution in [-0.4, -0.2) is 18.7 Å². The fraction of sp³-hybridized carbons (Fsp3) is 0.312. The second-order valence-electron chi connectivity index (χ2n) is 4.52. The Labute approximate surface area is 119 Å². The third-order valence-corrected chi connectivity index (χ3v) is 3.06. The van der Waals surface area contributed by atoms with Crippen molar-refractivity contribution in [1.29, 1.82) is 0 Å². The number of methoxy groups -OCH3 is 1. The maximum Gasteiger partial charge on any atom is 0.212 e. The van der Waals surface area contributed by atoms with Crippen molar-refractivity contribution < 1.29 is 9.47 Å². The van der Waals surface area contributed by atoms with Gasteiger partial charge in [0.05, 0.1) is 13.7 Å². The van der Waals surface area contributed by atoms with Crippen LogP contribution in [0.4, 0.5) is 0 Å². The van der Waals surface area contributed by atoms with Crippen LogP contribution < -0.4 is 15.2 Å². The molecule has 1 heterocycles. The summed E-state index contributed by atoms with van der Waals surface area (Å²) >= 11 is 0. The zero-order valence-corrected chi connectivity index (χ0v) is 11.9. The summed E-state index contributed by atoms with van der Waals surface area (Å²) < 4.78 is 10.5. The first-order valence-electron chi connectivity index (χ1n) is 6.70. The average molecular weight is 272 g/mol. The molecule has 0 bridgehead atoms. The van der Waals surface area contributed by atoms with E-state index in [1.165, 1.54) is 0 Å². The van der Waals surface area contributed by atoms with Crippen LogP contribution in [0, 0.1) is 0 Å². The zero-order valence-electron chi connectivity index (χ0n) is 11.9. The highest BCUT2D eigenvalue weighted by atomic mass is 16.5. The first-order valence-corrected chi connectivity index (χ1v) is 6.70. The molecule has 0 aliphatic carbocycles. The summed E-state index contributed by atoms with van der Waals surface area (Å²) in [6.45, 7) is 2.62. The summed E-state index contributed by atoms with van der Waals surface area (Å²) in [4.78, 5) is 4.19. The first kappa shape index (κ1) is 14.3. The molecule has 0 amide bonds. The fourth-order valence-corrected chi connectivity index (χ4v) is 2.03. The van der Waals surface area contributed by atoms with Gasteiger partial charge in [0.2, 0.25) is 5.88 Å². The monoisotopic (exact) mass is 272 g/mol. The number of aromatic nitrogens is 1. The van der Waals surface area contributed by atoms with E-state index >= 15 is 0 Å². The number of benzene rings is 1. The van der Waals surface area contributed by atoms with Gasteiger partial charge in [0.1, 0.15) is 5.75 Å². The summed E-state index contributed by atoms with van der Waals surface area (Å²) in [5.74, 6) is 1.47. The van der Waals surface area contributed by atoms with Crippen LogP contribution in [0.5, 0.6) is 11.6 Å². The Morgan fingerprint density at radius 3 is 2.75 bits per heavy atom. The molecule has 1 unspecified atom stereocenters. The largest absolute Gasteiger partial charge is 0.494 e. The van der Waals surface area contributed by atoms with Crippen LogP contribution in [0.1, 0.15) is 24.1 Å². The third-order valence-electron chi connectivity index (χ3n) is 3.06. The molecule has 2 aromatic rings. The van der Waals surface area contributed by atoms with Gasteiger partial charge in [-0.2, -0.15) is 0 Å². The summed E-state index contributed by atoms with van der Waals surface area (Å²) in [7, 11) is 1.60. The minimum Gasteiger partial charge on any atom is -0.494 e. The van der Waals surface area contributed by atoms with Gasteiger partial charge in [-0.3, -0.25) is 0 Å². The smallest absolute Gasteiger partial charge is 0.212 e. The van der Waals surface area contributed by atoms with Crippen molar-refractivity contribution >= 4 is 0 Å². The molecule has 2 N–H and O–H groups in total. The molecular weight excluding hydrogens is 252 g/mol. The molecular formula is C16H20N2O2. The van der Waals surface area contributed by atoms with Crippen LogP contribution in [-0.2, 0) is 6.42 Å². The normalized spacial score (nSPS) is 11.9. The van der Waals surface area contributed by atoms with E-state index in [1.807, 2.05) is 43.3 Å². The molecule has 2 rings (SSSR count). The van der Waals surface area contributed by atoms with Gasteiger partial charge in [-0.15, -0.1) is 0 Å². The van der Waals surface area contributed by atoms with E-state index < -0.39 is 0 Å². The molecule has 0 fully saturated rings. The Hall–Kier alpha value is -2.07. The van der Waals surface area contributed by atoms with E-state index in [-0.39, 0.29) is 6.04 Å². The second-order valence-corrected chi connectivity index (χ2v) is 4.52. The lowest BCUT2D eigenvalue weighted by Crippen LogP contribution is -2.13. The van der Waals surface area contributed by atoms with Crippen LogP contribution >= 0.6 is 0 Å². The predicted molar refractivity (Wildman–Crippen MR) is 79.0 cm³/mol. The lowest BCUT2D eigenvalue weighted by molar-refractivity contribution is 0.339. The van der Waals surface area contributed by atoms with Crippen LogP contribution in [0.15, 0.2) is 42.6 Å². The highest BCUT2D eigenvalue weighted by Gasteiger charge is 2.08. The van der Waals surface area contributed by atoms with Crippen LogP contribution in [0.25, 0.3) is 0 Å². The number of ether oxygens (including phenoxy) is 2. The van der Waals surface area contributed by atoms with Crippen molar-refractivity contribution in [2.45, 2.75) is 19.4 Å². The van der Waals surface area contributed by atoms with Crippen molar-refractivity contribution in [2.24, 2.45) is 5.73 Å². The summed E-state index contributed by atoms with van der Waals surface area (Å²) in [5, 5.41) is 0. The predicted octanol–water partition coefficient (Wildman–Crippen LogP) is 2.73. The molecule has 0 saturated carbocycles. The Balaban J connectivity index is 2.06. The number of nitrogens with zero attached hydrogens (tertiary/aromatic N) is 1. The molecule has 4 nitrogen and oxygen atoms in total. The number of pyridine rings is 1. The highest BCUT2D eigenvalue weighted by Crippen LogP contribution is 2.21. The van der Waals surface area contributed by atoms with E-state index in [1.54, 1.807) is 13.3 Å². The third kappa shape index (κ3) is 3.71. The number of rotatable bonds is 6. The molecule has 0 aliphatic rings. The van der Waals surface area contributed by atoms with Gasteiger partial charge < -0.3 is 15.2 Å². The molecule has 1 aromatic heterocycles. The summed E-state index contributed by atoms with van der Waals surface area (Å²) in [6.07, 6.45) is 2.53. The van der Waals surface area contributed by atoms with Gasteiger partial charge >= 0.3 is 0 Å². The molecule has 4 heteroatoms. The quantitative estimate of drug-likeness (QED) is 0.878. The van der Waals surface area contributed by atoms with Gasteiger partial charge in [-0.1, -0.05) is 18.2 Å². The van der Waals surface area contributed by atoms with E-state index in [2.05, 4.69) is 4.98 Å². The Morgan fingerprint density at radius 1 is 1.25 bits per heavy atom. The maximum absolute atomic E-state index is 6.25. The molecule has 0 radical (unpaired) electrons. The summed E-state index contributed by atoms with van der Waals surface area (Å²) in [5.41, 5.74) is 8.39. The minimum absolute atomic E-state index is 0.0781. The van der Waals surface area contributed by atoms with Gasteiger partial charge in [0.25, 0.3) is 0 Å². The van der Waals surface area contributed by atoms with Gasteiger partial charge in [0, 0.05) is 18.3 Å². The lowest BCUT2D eigenvalue weighted by atomic mass is 10.0. The SMILES string of the molecule is CCOc1cccc(C(N)Cc2ccc(OC)nc2)c1. The molecule has 1 aromatic carbocycles. The Morgan fingerprint density at radius 2 is 2.10 bits per heavy atom. The average Bonchev–Trinajstić information content (AvgIpc) is 2.48. The fourth-order valence-electron chi connectivity index (χ4n) is 2.03. The van der Waals surface area contributed by atoms with E-state index in [0.29, 0.717) is 12.5 Å². The standard InChI is InChI=1S/C16H20N2O2/c1-3-20-14-6-4-5-13(10-14)15(17)9-12-7-8-16(19-2)18-11-12/h4-8,10-11,15H,3,9,17H2,1-2H3. The van der Waals surface area contributed by atoms with Gasteiger partial charge in [0.15, 0.2) is 0 Å². The van der Waals surface area contributed by atoms with Crippen molar-refractivity contribution in [3.05, 3.63) is 53.7 Å². The Bertz CT molecular complexity index is 540. The van der Waals surface area contributed by atoms with Crippen LogP contribution in [0.2, 0.25) is 0 Å². The zero-order chi connectivity index (χ0) is 14.4. The first-order chi connectivity index (χ1) is 9.72. The maximum atomic E-state index is 6.25. The number of nitrogens with two attached hydrogens (primary N) is 1. The van der Waals surface area contributed by atoms with Crippen molar-refractivity contribution in [2.75, 3.05) is 13.7 Å². The van der Waals surface area contributed by atoms with Crippen molar-refractivity contribution in [3.63, 3.8) is 0 Å². The van der Waals surface area contributed by atoms with Gasteiger partial charge in [-0.25, -0.2) is 4.98 Å². The van der Waals surface area contributed by atoms with Crippen LogP contribution in [0.3, 0.4) is 0 Å². The molecule has 20 heavy (non-hydrogen) atoms. The van der Waals surface area contributed by atoms with Crippen molar-refractivity contribution in [1.82, 2.24) is 4.98 Å². The van der Waals surface area contributed by atoms with E-state index in [9.17, 15) is 0 Å². The molecule has 0 spiro atoms. The molecule has 0 aliphatic heterocycles. The number of hydrogen-bond acceptors (Lipinski definition) is 4. The number of hydrogen-bond donors (Lipinski definition) is 1. The Kier molecular flexibility index (Phi) is 4.96. The lowest BCUT2D eigenvalue weighted by Gasteiger charge is -2.13. The second kappa shape index (κ2) is 6.91.